The van der Waals surface area contributed by atoms with Crippen LogP contribution in [0.5, 0.6) is 0 Å². The second-order valence-electron chi connectivity index (χ2n) is 16.0. The number of nitrogens with two attached hydrogens (primary N) is 1. The third kappa shape index (κ3) is 30.4. The van der Waals surface area contributed by atoms with E-state index in [2.05, 4.69) is 19.2 Å². The van der Waals surface area contributed by atoms with Gasteiger partial charge < -0.3 is 35.8 Å². The first-order valence-corrected chi connectivity index (χ1v) is 20.8. The van der Waals surface area contributed by atoms with Crippen LogP contribution in [0.4, 0.5) is 4.79 Å². The van der Waals surface area contributed by atoms with Crippen molar-refractivity contribution in [3.05, 3.63) is 0 Å². The standard InChI is InChI=1S/C23H45NO4.C18H39NO2/c1-6-7-8-9-10-11-12-13-14-15-16-17-19-21(27-19)20(25)18(2)24-22(26)28-23(3,4)5;1-3-4-5-6-7-8-9-10-11-12-13-14-17(20)15-18(21)16(2)19/h18-21,25H,6-17H2,1-5H3,(H,24,26);16-18,20-21H,3-15,19H2,1-2H3/t18?,19-,20+,21+;16-,17-,18-/m00/s1. The summed E-state index contributed by atoms with van der Waals surface area (Å²) in [6.07, 6.45) is 29.2. The quantitative estimate of drug-likeness (QED) is 0.0371. The minimum Gasteiger partial charge on any atom is -0.444 e. The van der Waals surface area contributed by atoms with Crippen molar-refractivity contribution >= 4 is 6.09 Å². The van der Waals surface area contributed by atoms with E-state index in [1.165, 1.54) is 128 Å². The van der Waals surface area contributed by atoms with Crippen molar-refractivity contribution in [3.8, 4) is 0 Å². The number of aliphatic hydroxyl groups is 3. The highest BCUT2D eigenvalue weighted by Gasteiger charge is 2.46. The van der Waals surface area contributed by atoms with Gasteiger partial charge in [0.1, 0.15) is 17.8 Å². The van der Waals surface area contributed by atoms with E-state index in [4.69, 9.17) is 15.2 Å². The summed E-state index contributed by atoms with van der Waals surface area (Å²) in [6.45, 7) is 13.5. The third-order valence-corrected chi connectivity index (χ3v) is 9.57. The van der Waals surface area contributed by atoms with Gasteiger partial charge in [0.15, 0.2) is 0 Å². The second kappa shape index (κ2) is 30.7. The summed E-state index contributed by atoms with van der Waals surface area (Å²) < 4.78 is 10.9. The van der Waals surface area contributed by atoms with Gasteiger partial charge in [-0.25, -0.2) is 4.79 Å². The summed E-state index contributed by atoms with van der Waals surface area (Å²) in [5.74, 6) is 0. The first-order chi connectivity index (χ1) is 23.3. The van der Waals surface area contributed by atoms with Crippen LogP contribution in [0.15, 0.2) is 0 Å². The Hall–Kier alpha value is -0.930. The summed E-state index contributed by atoms with van der Waals surface area (Å²) >= 11 is 0. The van der Waals surface area contributed by atoms with Crippen molar-refractivity contribution in [2.24, 2.45) is 5.73 Å². The monoisotopic (exact) mass is 701 g/mol. The lowest BCUT2D eigenvalue weighted by atomic mass is 10.0. The minimum absolute atomic E-state index is 0.136. The summed E-state index contributed by atoms with van der Waals surface area (Å²) in [7, 11) is 0. The number of carbonyl (C=O) groups is 1. The molecule has 1 rings (SSSR count). The molecule has 1 heterocycles. The van der Waals surface area contributed by atoms with Crippen LogP contribution in [0.2, 0.25) is 0 Å². The van der Waals surface area contributed by atoms with Gasteiger partial charge in [-0.15, -0.1) is 0 Å². The Morgan fingerprint density at radius 1 is 0.714 bits per heavy atom. The van der Waals surface area contributed by atoms with Crippen LogP contribution in [-0.4, -0.2) is 69.6 Å². The maximum atomic E-state index is 11.8. The number of amides is 1. The molecule has 294 valence electrons. The van der Waals surface area contributed by atoms with Crippen molar-refractivity contribution in [3.63, 3.8) is 0 Å². The molecule has 49 heavy (non-hydrogen) atoms. The highest BCUT2D eigenvalue weighted by Crippen LogP contribution is 2.31. The Morgan fingerprint density at radius 3 is 1.53 bits per heavy atom. The number of ether oxygens (including phenoxy) is 2. The molecule has 0 aromatic rings. The second-order valence-corrected chi connectivity index (χ2v) is 16.0. The van der Waals surface area contributed by atoms with E-state index >= 15 is 0 Å². The van der Waals surface area contributed by atoms with Crippen molar-refractivity contribution in [2.75, 3.05) is 0 Å². The van der Waals surface area contributed by atoms with Gasteiger partial charge in [0.2, 0.25) is 0 Å². The van der Waals surface area contributed by atoms with Crippen LogP contribution in [0.1, 0.15) is 209 Å². The Balaban J connectivity index is 0.000000983. The van der Waals surface area contributed by atoms with Crippen LogP contribution in [-0.2, 0) is 9.47 Å². The van der Waals surface area contributed by atoms with Gasteiger partial charge in [-0.1, -0.05) is 155 Å². The van der Waals surface area contributed by atoms with Crippen LogP contribution in [0.25, 0.3) is 0 Å². The largest absolute Gasteiger partial charge is 0.444 e. The normalized spacial score (nSPS) is 18.9. The molecule has 6 N–H and O–H groups in total. The molecule has 0 spiro atoms. The topological polar surface area (TPSA) is 138 Å². The van der Waals surface area contributed by atoms with Crippen molar-refractivity contribution in [1.29, 1.82) is 0 Å². The highest BCUT2D eigenvalue weighted by molar-refractivity contribution is 5.68. The van der Waals surface area contributed by atoms with Gasteiger partial charge in [-0.3, -0.25) is 0 Å². The Morgan fingerprint density at radius 2 is 1.12 bits per heavy atom. The Bertz CT molecular complexity index is 746. The summed E-state index contributed by atoms with van der Waals surface area (Å²) in [6, 6.07) is -0.640. The number of carbonyl (C=O) groups excluding carboxylic acids is 1. The summed E-state index contributed by atoms with van der Waals surface area (Å²) in [5, 5.41) is 32.4. The molecule has 0 aliphatic carbocycles. The first kappa shape index (κ1) is 48.1. The lowest BCUT2D eigenvalue weighted by Crippen LogP contribution is -2.46. The molecule has 0 bridgehead atoms. The van der Waals surface area contributed by atoms with Crippen molar-refractivity contribution in [1.82, 2.24) is 5.32 Å². The number of nitrogens with one attached hydrogen (secondary N) is 1. The Labute approximate surface area is 303 Å². The molecule has 0 saturated carbocycles. The molecule has 8 nitrogen and oxygen atoms in total. The van der Waals surface area contributed by atoms with Gasteiger partial charge in [-0.05, 0) is 47.5 Å². The molecule has 1 aliphatic rings. The SMILES string of the molecule is CCCCCCCCCCCCC[C@@H]1O[C@H]1[C@H](O)C(C)NC(=O)OC(C)(C)C.CCCCCCCCCCCCC[C@H](O)C[C@H](O)[C@H](C)N. The molecule has 7 atom stereocenters. The maximum Gasteiger partial charge on any atom is 0.407 e. The van der Waals surface area contributed by atoms with Crippen LogP contribution in [0.3, 0.4) is 0 Å². The fourth-order valence-electron chi connectivity index (χ4n) is 6.22. The average molecular weight is 701 g/mol. The zero-order chi connectivity index (χ0) is 36.9. The summed E-state index contributed by atoms with van der Waals surface area (Å²) in [4.78, 5) is 11.8. The van der Waals surface area contributed by atoms with E-state index in [-0.39, 0.29) is 24.3 Å². The molecule has 1 aliphatic heterocycles. The first-order valence-electron chi connectivity index (χ1n) is 20.8. The third-order valence-electron chi connectivity index (χ3n) is 9.57. The van der Waals surface area contributed by atoms with Crippen LogP contribution >= 0.6 is 0 Å². The molecule has 1 amide bonds. The average Bonchev–Trinajstić information content (AvgIpc) is 3.80. The predicted molar refractivity (Wildman–Crippen MR) is 206 cm³/mol. The van der Waals surface area contributed by atoms with Crippen molar-refractivity contribution in [2.45, 2.75) is 257 Å². The Kier molecular flexibility index (Phi) is 30.1. The van der Waals surface area contributed by atoms with E-state index in [0.717, 1.165) is 25.7 Å². The zero-order valence-corrected chi connectivity index (χ0v) is 33.4. The van der Waals surface area contributed by atoms with E-state index < -0.39 is 30.0 Å². The molecule has 0 radical (unpaired) electrons. The number of alkyl carbamates (subject to hydrolysis) is 1. The molecular weight excluding hydrogens is 616 g/mol. The fourth-order valence-corrected chi connectivity index (χ4v) is 6.22. The molecule has 1 unspecified atom stereocenters. The van der Waals surface area contributed by atoms with Gasteiger partial charge in [-0.2, -0.15) is 0 Å². The molecular formula is C41H84N2O6. The number of epoxide rings is 1. The van der Waals surface area contributed by atoms with Gasteiger partial charge in [0, 0.05) is 12.5 Å². The van der Waals surface area contributed by atoms with Crippen LogP contribution in [0, 0.1) is 0 Å². The van der Waals surface area contributed by atoms with Gasteiger partial charge in [0.25, 0.3) is 0 Å². The fraction of sp³-hybridized carbons (Fsp3) is 0.976. The van der Waals surface area contributed by atoms with E-state index in [1.807, 2.05) is 20.8 Å². The minimum atomic E-state index is -0.690. The number of rotatable bonds is 30. The van der Waals surface area contributed by atoms with E-state index in [1.54, 1.807) is 13.8 Å². The number of unbranched alkanes of at least 4 members (excludes halogenated alkanes) is 20. The highest BCUT2D eigenvalue weighted by atomic mass is 16.6. The molecule has 0 aromatic carbocycles. The van der Waals surface area contributed by atoms with Crippen molar-refractivity contribution < 1.29 is 29.6 Å². The lowest BCUT2D eigenvalue weighted by molar-refractivity contribution is 0.0406. The smallest absolute Gasteiger partial charge is 0.407 e. The number of hydrogen-bond donors (Lipinski definition) is 5. The zero-order valence-electron chi connectivity index (χ0n) is 33.4. The van der Waals surface area contributed by atoms with Gasteiger partial charge >= 0.3 is 6.09 Å². The predicted octanol–water partition coefficient (Wildman–Crippen LogP) is 9.88. The lowest BCUT2D eigenvalue weighted by Gasteiger charge is -2.23. The van der Waals surface area contributed by atoms with E-state index in [9.17, 15) is 20.1 Å². The maximum absolute atomic E-state index is 11.8. The van der Waals surface area contributed by atoms with Crippen LogP contribution < -0.4 is 11.1 Å². The molecule has 0 aromatic heterocycles. The molecule has 1 saturated heterocycles. The molecule has 8 heteroatoms. The van der Waals surface area contributed by atoms with Gasteiger partial charge in [0.05, 0.1) is 24.4 Å². The molecule has 1 fully saturated rings. The van der Waals surface area contributed by atoms with E-state index in [0.29, 0.717) is 6.42 Å². The summed E-state index contributed by atoms with van der Waals surface area (Å²) in [5.41, 5.74) is 5.04. The number of hydrogen-bond acceptors (Lipinski definition) is 7. The number of aliphatic hydroxyl groups excluding tert-OH is 3.